The summed E-state index contributed by atoms with van der Waals surface area (Å²) in [6, 6.07) is 3.34. The van der Waals surface area contributed by atoms with E-state index in [9.17, 15) is 20.2 Å². The minimum absolute atomic E-state index is 0.107. The molecular formula is C13H14N4O4. The maximum atomic E-state index is 10.9. The van der Waals surface area contributed by atoms with E-state index in [1.165, 1.54) is 12.1 Å². The molecule has 1 rings (SSSR count). The standard InChI is InChI=1S/C13H14N4O4/c1-2-3-4-5-6-9-14-15-12-8-7-11(16(18)19)10-13(12)17(20)21/h7-10,15H,4-6H2,1H3. The van der Waals surface area contributed by atoms with Crippen molar-refractivity contribution in [3.8, 4) is 11.8 Å². The first-order valence-electron chi connectivity index (χ1n) is 6.16. The van der Waals surface area contributed by atoms with Crippen molar-refractivity contribution in [2.45, 2.75) is 26.2 Å². The second-order valence-corrected chi connectivity index (χ2v) is 3.96. The van der Waals surface area contributed by atoms with Gasteiger partial charge in [0.2, 0.25) is 0 Å². The molecule has 0 fully saturated rings. The molecule has 0 unspecified atom stereocenters. The van der Waals surface area contributed by atoms with Crippen molar-refractivity contribution in [1.82, 2.24) is 0 Å². The van der Waals surface area contributed by atoms with Gasteiger partial charge in [0.15, 0.2) is 0 Å². The largest absolute Gasteiger partial charge is 0.301 e. The van der Waals surface area contributed by atoms with E-state index in [0.717, 1.165) is 18.9 Å². The summed E-state index contributed by atoms with van der Waals surface area (Å²) in [6.07, 6.45) is 3.87. The average molecular weight is 290 g/mol. The molecule has 0 amide bonds. The summed E-state index contributed by atoms with van der Waals surface area (Å²) in [5.41, 5.74) is 1.90. The molecule has 8 heteroatoms. The Balaban J connectivity index is 2.69. The lowest BCUT2D eigenvalue weighted by Gasteiger charge is -2.01. The third-order valence-electron chi connectivity index (χ3n) is 2.48. The van der Waals surface area contributed by atoms with Gasteiger partial charge in [0, 0.05) is 18.7 Å². The summed E-state index contributed by atoms with van der Waals surface area (Å²) in [5.74, 6) is 5.69. The van der Waals surface area contributed by atoms with Crippen molar-refractivity contribution in [2.24, 2.45) is 5.10 Å². The Morgan fingerprint density at radius 2 is 2.10 bits per heavy atom. The average Bonchev–Trinajstić information content (AvgIpc) is 2.46. The minimum atomic E-state index is -0.693. The molecule has 0 aliphatic carbocycles. The van der Waals surface area contributed by atoms with Crippen LogP contribution in [-0.4, -0.2) is 16.1 Å². The van der Waals surface area contributed by atoms with Gasteiger partial charge in [-0.05, 0) is 25.8 Å². The Kier molecular flexibility index (Phi) is 6.34. The van der Waals surface area contributed by atoms with Gasteiger partial charge in [0.1, 0.15) is 5.69 Å². The maximum absolute atomic E-state index is 10.9. The first-order chi connectivity index (χ1) is 10.1. The van der Waals surface area contributed by atoms with Gasteiger partial charge in [-0.2, -0.15) is 5.10 Å². The van der Waals surface area contributed by atoms with Gasteiger partial charge in [0.05, 0.1) is 15.9 Å². The van der Waals surface area contributed by atoms with Crippen LogP contribution >= 0.6 is 0 Å². The smallest absolute Gasteiger partial charge is 0.272 e. The normalized spacial score (nSPS) is 9.95. The van der Waals surface area contributed by atoms with Crippen molar-refractivity contribution < 1.29 is 9.85 Å². The maximum Gasteiger partial charge on any atom is 0.301 e. The summed E-state index contributed by atoms with van der Waals surface area (Å²) in [6.45, 7) is 1.77. The van der Waals surface area contributed by atoms with Gasteiger partial charge in [-0.3, -0.25) is 25.7 Å². The van der Waals surface area contributed by atoms with E-state index in [-0.39, 0.29) is 11.4 Å². The molecule has 8 nitrogen and oxygen atoms in total. The molecule has 1 N–H and O–H groups in total. The third kappa shape index (κ3) is 5.28. The van der Waals surface area contributed by atoms with Crippen molar-refractivity contribution in [1.29, 1.82) is 0 Å². The Bertz CT molecular complexity index is 616. The summed E-state index contributed by atoms with van der Waals surface area (Å²) < 4.78 is 0. The fraction of sp³-hybridized carbons (Fsp3) is 0.308. The van der Waals surface area contributed by atoms with E-state index in [1.54, 1.807) is 13.1 Å². The number of rotatable bonds is 7. The highest BCUT2D eigenvalue weighted by Gasteiger charge is 2.18. The van der Waals surface area contributed by atoms with Gasteiger partial charge < -0.3 is 0 Å². The molecule has 110 valence electrons. The summed E-state index contributed by atoms with van der Waals surface area (Å²) in [5, 5.41) is 25.3. The number of nitro benzene ring substituents is 2. The lowest BCUT2D eigenvalue weighted by Crippen LogP contribution is -1.98. The molecule has 1 aromatic rings. The van der Waals surface area contributed by atoms with E-state index in [4.69, 9.17) is 0 Å². The quantitative estimate of drug-likeness (QED) is 0.273. The molecule has 0 heterocycles. The number of unbranched alkanes of at least 4 members (excludes halogenated alkanes) is 2. The van der Waals surface area contributed by atoms with Crippen LogP contribution in [0.15, 0.2) is 23.3 Å². The zero-order valence-corrected chi connectivity index (χ0v) is 11.4. The zero-order chi connectivity index (χ0) is 15.7. The molecule has 0 saturated heterocycles. The van der Waals surface area contributed by atoms with Crippen molar-refractivity contribution >= 4 is 23.3 Å². The van der Waals surface area contributed by atoms with Gasteiger partial charge >= 0.3 is 5.69 Å². The van der Waals surface area contributed by atoms with Crippen LogP contribution in [0.25, 0.3) is 0 Å². The Labute approximate surface area is 121 Å². The third-order valence-corrected chi connectivity index (χ3v) is 2.48. The number of hydrazone groups is 1. The lowest BCUT2D eigenvalue weighted by molar-refractivity contribution is -0.393. The monoisotopic (exact) mass is 290 g/mol. The van der Waals surface area contributed by atoms with Gasteiger partial charge in [-0.15, -0.1) is 11.8 Å². The van der Waals surface area contributed by atoms with Crippen molar-refractivity contribution in [3.05, 3.63) is 38.4 Å². The van der Waals surface area contributed by atoms with Crippen LogP contribution in [0.5, 0.6) is 0 Å². The van der Waals surface area contributed by atoms with Gasteiger partial charge in [-0.25, -0.2) is 0 Å². The molecule has 0 bridgehead atoms. The SMILES string of the molecule is CC#CCCCC=NNc1ccc([N+](=O)[O-])cc1[N+](=O)[O-]. The number of nitro groups is 2. The van der Waals surface area contributed by atoms with Crippen molar-refractivity contribution in [2.75, 3.05) is 5.43 Å². The zero-order valence-electron chi connectivity index (χ0n) is 11.4. The topological polar surface area (TPSA) is 111 Å². The number of nitrogens with one attached hydrogen (secondary N) is 1. The second-order valence-electron chi connectivity index (χ2n) is 3.96. The van der Waals surface area contributed by atoms with E-state index in [0.29, 0.717) is 6.42 Å². The fourth-order valence-corrected chi connectivity index (χ4v) is 1.47. The van der Waals surface area contributed by atoms with Gasteiger partial charge in [-0.1, -0.05) is 0 Å². The molecule has 1 aromatic carbocycles. The number of hydrogen-bond acceptors (Lipinski definition) is 6. The van der Waals surface area contributed by atoms with Crippen LogP contribution in [0.4, 0.5) is 17.1 Å². The molecular weight excluding hydrogens is 276 g/mol. The van der Waals surface area contributed by atoms with E-state index >= 15 is 0 Å². The first-order valence-corrected chi connectivity index (χ1v) is 6.16. The first kappa shape index (κ1) is 16.1. The Morgan fingerprint density at radius 3 is 2.71 bits per heavy atom. The molecule has 0 atom stereocenters. The van der Waals surface area contributed by atoms with Crippen LogP contribution < -0.4 is 5.43 Å². The predicted octanol–water partition coefficient (Wildman–Crippen LogP) is 3.09. The predicted molar refractivity (Wildman–Crippen MR) is 79.2 cm³/mol. The number of hydrogen-bond donors (Lipinski definition) is 1. The minimum Gasteiger partial charge on any atom is -0.272 e. The number of benzene rings is 1. The van der Waals surface area contributed by atoms with Gasteiger partial charge in [0.25, 0.3) is 5.69 Å². The molecule has 0 radical (unpaired) electrons. The van der Waals surface area contributed by atoms with Crippen LogP contribution in [0.3, 0.4) is 0 Å². The van der Waals surface area contributed by atoms with Crippen LogP contribution in [0.1, 0.15) is 26.2 Å². The van der Waals surface area contributed by atoms with E-state index in [2.05, 4.69) is 22.4 Å². The molecule has 0 aliphatic rings. The summed E-state index contributed by atoms with van der Waals surface area (Å²) in [7, 11) is 0. The highest BCUT2D eigenvalue weighted by molar-refractivity contribution is 5.67. The number of anilines is 1. The number of nitrogens with zero attached hydrogens (tertiary/aromatic N) is 3. The van der Waals surface area contributed by atoms with Crippen LogP contribution in [0.2, 0.25) is 0 Å². The molecule has 0 spiro atoms. The van der Waals surface area contributed by atoms with Crippen molar-refractivity contribution in [3.63, 3.8) is 0 Å². The Morgan fingerprint density at radius 1 is 1.33 bits per heavy atom. The highest BCUT2D eigenvalue weighted by atomic mass is 16.6. The molecule has 0 saturated carbocycles. The van der Waals surface area contributed by atoms with Crippen LogP contribution in [-0.2, 0) is 0 Å². The summed E-state index contributed by atoms with van der Waals surface area (Å²) >= 11 is 0. The number of non-ortho nitro benzene ring substituents is 1. The van der Waals surface area contributed by atoms with Crippen LogP contribution in [0, 0.1) is 32.1 Å². The van der Waals surface area contributed by atoms with E-state index < -0.39 is 15.5 Å². The summed E-state index contributed by atoms with van der Waals surface area (Å²) in [4.78, 5) is 20.1. The Hall–Kier alpha value is -2.95. The molecule has 0 aliphatic heterocycles. The molecule has 21 heavy (non-hydrogen) atoms. The lowest BCUT2D eigenvalue weighted by atomic mass is 10.2. The molecule has 0 aromatic heterocycles. The second kappa shape index (κ2) is 8.27. The van der Waals surface area contributed by atoms with E-state index in [1.807, 2.05) is 0 Å². The fourth-order valence-electron chi connectivity index (χ4n) is 1.47. The highest BCUT2D eigenvalue weighted by Crippen LogP contribution is 2.28.